The van der Waals surface area contributed by atoms with Crippen LogP contribution in [0, 0.1) is 11.3 Å². The Hall–Kier alpha value is -2.39. The number of amides is 1. The van der Waals surface area contributed by atoms with Crippen LogP contribution in [0.25, 0.3) is 10.9 Å². The van der Waals surface area contributed by atoms with Gasteiger partial charge in [0.05, 0.1) is 30.8 Å². The number of benzene rings is 1. The summed E-state index contributed by atoms with van der Waals surface area (Å²) in [6, 6.07) is 7.45. The average molecular weight is 272 g/mol. The molecule has 0 aliphatic heterocycles. The summed E-state index contributed by atoms with van der Waals surface area (Å²) < 4.78 is 5.00. The molecule has 0 unspecified atom stereocenters. The maximum absolute atomic E-state index is 12.4. The van der Waals surface area contributed by atoms with E-state index in [9.17, 15) is 4.79 Å². The number of hydrogen-bond donors (Lipinski definition) is 1. The molecule has 0 saturated carbocycles. The highest BCUT2D eigenvalue weighted by molar-refractivity contribution is 5.97. The Morgan fingerprint density at radius 1 is 1.50 bits per heavy atom. The van der Waals surface area contributed by atoms with Gasteiger partial charge >= 0.3 is 0 Å². The number of nitrogens with one attached hydrogen (secondary N) is 1. The molecular weight excluding hydrogens is 256 g/mol. The lowest BCUT2D eigenvalue weighted by Crippen LogP contribution is -2.34. The van der Waals surface area contributed by atoms with Gasteiger partial charge in [-0.15, -0.1) is 0 Å². The molecule has 0 aliphatic carbocycles. The molecule has 1 amide bonds. The Morgan fingerprint density at radius 3 is 3.10 bits per heavy atom. The molecule has 6 nitrogen and oxygen atoms in total. The summed E-state index contributed by atoms with van der Waals surface area (Å²) in [6.45, 7) is 1.32. The van der Waals surface area contributed by atoms with Gasteiger partial charge in [0.25, 0.3) is 5.91 Å². The minimum absolute atomic E-state index is 0.103. The molecule has 2 aromatic rings. The fraction of sp³-hybridized carbons (Fsp3) is 0.357. The molecule has 0 atom stereocenters. The molecule has 6 heteroatoms. The molecule has 104 valence electrons. The lowest BCUT2D eigenvalue weighted by Gasteiger charge is -2.21. The third-order valence-corrected chi connectivity index (χ3v) is 3.03. The number of ether oxygens (including phenoxy) is 1. The van der Waals surface area contributed by atoms with Gasteiger partial charge in [-0.05, 0) is 12.1 Å². The molecule has 2 rings (SSSR count). The highest BCUT2D eigenvalue weighted by atomic mass is 16.5. The maximum atomic E-state index is 12.4. The zero-order chi connectivity index (χ0) is 14.4. The van der Waals surface area contributed by atoms with Gasteiger partial charge in [-0.25, -0.2) is 0 Å². The number of carbonyl (C=O) groups is 1. The van der Waals surface area contributed by atoms with Gasteiger partial charge in [0.1, 0.15) is 0 Å². The zero-order valence-electron chi connectivity index (χ0n) is 11.3. The molecule has 0 radical (unpaired) electrons. The molecule has 0 saturated heterocycles. The number of nitrogens with zero attached hydrogens (tertiary/aromatic N) is 3. The van der Waals surface area contributed by atoms with Crippen molar-refractivity contribution in [2.24, 2.45) is 0 Å². The second kappa shape index (κ2) is 6.68. The van der Waals surface area contributed by atoms with Gasteiger partial charge in [-0.1, -0.05) is 6.07 Å². The Labute approximate surface area is 116 Å². The van der Waals surface area contributed by atoms with Crippen LogP contribution < -0.4 is 0 Å². The highest BCUT2D eigenvalue weighted by Crippen LogP contribution is 2.14. The standard InChI is InChI=1S/C14H16N4O2/c1-20-8-7-18(6-2-5-15)14(19)11-3-4-12-10-16-17-13(12)9-11/h3-4,9-10H,2,6-8H2,1H3,(H,16,17). The van der Waals surface area contributed by atoms with Crippen molar-refractivity contribution in [1.29, 1.82) is 5.26 Å². The number of aromatic amines is 1. The molecule has 1 aromatic carbocycles. The number of methoxy groups -OCH3 is 1. The van der Waals surface area contributed by atoms with Crippen molar-refractivity contribution < 1.29 is 9.53 Å². The molecule has 0 fully saturated rings. The minimum Gasteiger partial charge on any atom is -0.383 e. The van der Waals surface area contributed by atoms with Crippen LogP contribution >= 0.6 is 0 Å². The molecular formula is C14H16N4O2. The van der Waals surface area contributed by atoms with E-state index in [1.54, 1.807) is 30.3 Å². The summed E-state index contributed by atoms with van der Waals surface area (Å²) in [5, 5.41) is 16.4. The monoisotopic (exact) mass is 272 g/mol. The van der Waals surface area contributed by atoms with E-state index in [0.717, 1.165) is 10.9 Å². The number of hydrogen-bond acceptors (Lipinski definition) is 4. The first-order chi connectivity index (χ1) is 9.76. The molecule has 1 heterocycles. The molecule has 0 bridgehead atoms. The number of aromatic nitrogens is 2. The number of nitriles is 1. The van der Waals surface area contributed by atoms with Crippen molar-refractivity contribution >= 4 is 16.8 Å². The molecule has 0 aliphatic rings. The fourth-order valence-electron chi connectivity index (χ4n) is 1.95. The van der Waals surface area contributed by atoms with Gasteiger partial charge in [-0.2, -0.15) is 10.4 Å². The SMILES string of the molecule is COCCN(CCC#N)C(=O)c1ccc2cn[nH]c2c1. The Kier molecular flexibility index (Phi) is 4.69. The first-order valence-corrected chi connectivity index (χ1v) is 6.34. The van der Waals surface area contributed by atoms with Crippen LogP contribution in [0.1, 0.15) is 16.8 Å². The Morgan fingerprint density at radius 2 is 2.35 bits per heavy atom. The van der Waals surface area contributed by atoms with Gasteiger partial charge < -0.3 is 9.64 Å². The van der Waals surface area contributed by atoms with E-state index in [2.05, 4.69) is 16.3 Å². The molecule has 0 spiro atoms. The van der Waals surface area contributed by atoms with Gasteiger partial charge in [0.15, 0.2) is 0 Å². The van der Waals surface area contributed by atoms with E-state index in [1.165, 1.54) is 0 Å². The number of H-pyrrole nitrogens is 1. The van der Waals surface area contributed by atoms with E-state index in [1.807, 2.05) is 6.07 Å². The van der Waals surface area contributed by atoms with Crippen molar-refractivity contribution in [3.63, 3.8) is 0 Å². The maximum Gasteiger partial charge on any atom is 0.254 e. The van der Waals surface area contributed by atoms with Crippen LogP contribution in [0.4, 0.5) is 0 Å². The first-order valence-electron chi connectivity index (χ1n) is 6.34. The van der Waals surface area contributed by atoms with Crippen molar-refractivity contribution in [2.45, 2.75) is 6.42 Å². The van der Waals surface area contributed by atoms with Crippen molar-refractivity contribution in [3.05, 3.63) is 30.0 Å². The number of carbonyl (C=O) groups excluding carboxylic acids is 1. The Bertz CT molecular complexity index is 629. The van der Waals surface area contributed by atoms with Crippen LogP contribution in [0.2, 0.25) is 0 Å². The van der Waals surface area contributed by atoms with Gasteiger partial charge in [0, 0.05) is 31.1 Å². The highest BCUT2D eigenvalue weighted by Gasteiger charge is 2.15. The summed E-state index contributed by atoms with van der Waals surface area (Å²) in [6.07, 6.45) is 2.02. The van der Waals surface area contributed by atoms with E-state index < -0.39 is 0 Å². The molecule has 1 aromatic heterocycles. The third-order valence-electron chi connectivity index (χ3n) is 3.03. The summed E-state index contributed by atoms with van der Waals surface area (Å²) in [5.41, 5.74) is 1.40. The van der Waals surface area contributed by atoms with Crippen LogP contribution in [-0.2, 0) is 4.74 Å². The number of fused-ring (bicyclic) bond motifs is 1. The average Bonchev–Trinajstić information content (AvgIpc) is 2.94. The van der Waals surface area contributed by atoms with Crippen LogP contribution in [0.15, 0.2) is 24.4 Å². The summed E-state index contributed by atoms with van der Waals surface area (Å²) in [7, 11) is 1.59. The smallest absolute Gasteiger partial charge is 0.254 e. The predicted octanol–water partition coefficient (Wildman–Crippen LogP) is 1.57. The fourth-order valence-corrected chi connectivity index (χ4v) is 1.95. The lowest BCUT2D eigenvalue weighted by atomic mass is 10.1. The van der Waals surface area contributed by atoms with Crippen LogP contribution in [-0.4, -0.2) is 47.8 Å². The predicted molar refractivity (Wildman–Crippen MR) is 74.1 cm³/mol. The van der Waals surface area contributed by atoms with Crippen LogP contribution in [0.3, 0.4) is 0 Å². The van der Waals surface area contributed by atoms with Gasteiger partial charge in [0.2, 0.25) is 0 Å². The first kappa shape index (κ1) is 14.0. The topological polar surface area (TPSA) is 82.0 Å². The summed E-state index contributed by atoms with van der Waals surface area (Å²) in [4.78, 5) is 14.1. The van der Waals surface area contributed by atoms with E-state index in [4.69, 9.17) is 10.00 Å². The van der Waals surface area contributed by atoms with Crippen molar-refractivity contribution in [2.75, 3.05) is 26.8 Å². The lowest BCUT2D eigenvalue weighted by molar-refractivity contribution is 0.0700. The second-order valence-corrected chi connectivity index (χ2v) is 4.37. The van der Waals surface area contributed by atoms with Crippen LogP contribution in [0.5, 0.6) is 0 Å². The zero-order valence-corrected chi connectivity index (χ0v) is 11.3. The molecule has 1 N–H and O–H groups in total. The van der Waals surface area contributed by atoms with Gasteiger partial charge in [-0.3, -0.25) is 9.89 Å². The normalized spacial score (nSPS) is 10.4. The third kappa shape index (κ3) is 3.13. The quantitative estimate of drug-likeness (QED) is 0.865. The van der Waals surface area contributed by atoms with E-state index >= 15 is 0 Å². The summed E-state index contributed by atoms with van der Waals surface area (Å²) >= 11 is 0. The largest absolute Gasteiger partial charge is 0.383 e. The molecule has 20 heavy (non-hydrogen) atoms. The number of rotatable bonds is 6. The Balaban J connectivity index is 2.18. The van der Waals surface area contributed by atoms with E-state index in [0.29, 0.717) is 31.7 Å². The van der Waals surface area contributed by atoms with E-state index in [-0.39, 0.29) is 5.91 Å². The van der Waals surface area contributed by atoms with Crippen molar-refractivity contribution in [1.82, 2.24) is 15.1 Å². The van der Waals surface area contributed by atoms with Crippen molar-refractivity contribution in [3.8, 4) is 6.07 Å². The summed E-state index contributed by atoms with van der Waals surface area (Å²) in [5.74, 6) is -0.103. The minimum atomic E-state index is -0.103. The second-order valence-electron chi connectivity index (χ2n) is 4.37.